The standard InChI is InChI=1S/C23H24N4O4/c28-20(25-11-12-26-21(29)16-5-4-10-24-14-16)15-8-9-18-19(13-15)23(31)27(22(18)30)17-6-2-1-3-7-17/h4-5,8-10,13-14,17H,1-3,6-7,11-12H2,(H,25,28)(H,26,29). The molecule has 1 aromatic heterocycles. The number of aromatic nitrogens is 1. The lowest BCUT2D eigenvalue weighted by molar-refractivity contribution is 0.0548. The molecule has 1 aliphatic heterocycles. The van der Waals surface area contributed by atoms with Gasteiger partial charge in [0.2, 0.25) is 0 Å². The van der Waals surface area contributed by atoms with Gasteiger partial charge in [0.1, 0.15) is 0 Å². The van der Waals surface area contributed by atoms with E-state index in [1.807, 2.05) is 0 Å². The number of amides is 4. The molecule has 2 N–H and O–H groups in total. The molecular weight excluding hydrogens is 396 g/mol. The minimum absolute atomic E-state index is 0.0538. The number of nitrogens with one attached hydrogen (secondary N) is 2. The third-order valence-electron chi connectivity index (χ3n) is 5.74. The average molecular weight is 420 g/mol. The predicted molar refractivity (Wildman–Crippen MR) is 113 cm³/mol. The Kier molecular flexibility index (Phi) is 6.06. The second kappa shape index (κ2) is 9.07. The number of nitrogens with zero attached hydrogens (tertiary/aromatic N) is 2. The van der Waals surface area contributed by atoms with Gasteiger partial charge in [0.05, 0.1) is 16.7 Å². The first-order valence-corrected chi connectivity index (χ1v) is 10.5. The van der Waals surface area contributed by atoms with Crippen molar-refractivity contribution in [3.8, 4) is 0 Å². The van der Waals surface area contributed by atoms with Crippen molar-refractivity contribution in [3.63, 3.8) is 0 Å². The van der Waals surface area contributed by atoms with Crippen LogP contribution in [0, 0.1) is 0 Å². The number of rotatable bonds is 6. The number of pyridine rings is 1. The third kappa shape index (κ3) is 4.33. The molecule has 8 nitrogen and oxygen atoms in total. The van der Waals surface area contributed by atoms with E-state index in [-0.39, 0.29) is 48.3 Å². The van der Waals surface area contributed by atoms with E-state index in [1.54, 1.807) is 30.5 Å². The lowest BCUT2D eigenvalue weighted by Crippen LogP contribution is -2.40. The number of carbonyl (C=O) groups excluding carboxylic acids is 4. The van der Waals surface area contributed by atoms with E-state index in [0.29, 0.717) is 16.7 Å². The molecule has 0 spiro atoms. The van der Waals surface area contributed by atoms with Crippen LogP contribution in [0.25, 0.3) is 0 Å². The highest BCUT2D eigenvalue weighted by Gasteiger charge is 2.40. The monoisotopic (exact) mass is 420 g/mol. The highest BCUT2D eigenvalue weighted by atomic mass is 16.2. The predicted octanol–water partition coefficient (Wildman–Crippen LogP) is 2.17. The van der Waals surface area contributed by atoms with E-state index in [4.69, 9.17) is 0 Å². The summed E-state index contributed by atoms with van der Waals surface area (Å²) in [6.07, 6.45) is 7.89. The van der Waals surface area contributed by atoms with Crippen molar-refractivity contribution >= 4 is 23.6 Å². The van der Waals surface area contributed by atoms with Crippen LogP contribution in [-0.2, 0) is 0 Å². The van der Waals surface area contributed by atoms with Crippen molar-refractivity contribution in [2.24, 2.45) is 0 Å². The van der Waals surface area contributed by atoms with Crippen molar-refractivity contribution in [1.29, 1.82) is 0 Å². The van der Waals surface area contributed by atoms with Gasteiger partial charge in [0, 0.05) is 37.1 Å². The van der Waals surface area contributed by atoms with Crippen LogP contribution in [0.15, 0.2) is 42.7 Å². The fourth-order valence-corrected chi connectivity index (χ4v) is 4.12. The summed E-state index contributed by atoms with van der Waals surface area (Å²) < 4.78 is 0. The molecule has 0 atom stereocenters. The van der Waals surface area contributed by atoms with Gasteiger partial charge in [-0.15, -0.1) is 0 Å². The van der Waals surface area contributed by atoms with Crippen LogP contribution in [0.4, 0.5) is 0 Å². The van der Waals surface area contributed by atoms with Crippen molar-refractivity contribution < 1.29 is 19.2 Å². The molecule has 0 unspecified atom stereocenters. The number of hydrogen-bond donors (Lipinski definition) is 2. The molecule has 0 saturated heterocycles. The first kappa shape index (κ1) is 20.7. The second-order valence-corrected chi connectivity index (χ2v) is 7.79. The van der Waals surface area contributed by atoms with Gasteiger partial charge in [-0.1, -0.05) is 19.3 Å². The Labute approximate surface area is 180 Å². The van der Waals surface area contributed by atoms with E-state index in [1.165, 1.54) is 17.2 Å². The first-order chi connectivity index (χ1) is 15.1. The minimum Gasteiger partial charge on any atom is -0.350 e. The summed E-state index contributed by atoms with van der Waals surface area (Å²) in [7, 11) is 0. The maximum absolute atomic E-state index is 12.9. The molecule has 160 valence electrons. The molecule has 1 fully saturated rings. The molecular formula is C23H24N4O4. The Bertz CT molecular complexity index is 1020. The second-order valence-electron chi connectivity index (χ2n) is 7.79. The summed E-state index contributed by atoms with van der Waals surface area (Å²) in [5.41, 5.74) is 1.39. The smallest absolute Gasteiger partial charge is 0.261 e. The van der Waals surface area contributed by atoms with E-state index in [9.17, 15) is 19.2 Å². The highest BCUT2D eigenvalue weighted by molar-refractivity contribution is 6.22. The zero-order chi connectivity index (χ0) is 21.8. The zero-order valence-corrected chi connectivity index (χ0v) is 17.1. The fourth-order valence-electron chi connectivity index (χ4n) is 4.12. The molecule has 0 radical (unpaired) electrons. The molecule has 2 heterocycles. The van der Waals surface area contributed by atoms with Gasteiger partial charge < -0.3 is 10.6 Å². The van der Waals surface area contributed by atoms with Crippen LogP contribution in [0.1, 0.15) is 73.5 Å². The van der Waals surface area contributed by atoms with E-state index < -0.39 is 0 Å². The number of benzene rings is 1. The highest BCUT2D eigenvalue weighted by Crippen LogP contribution is 2.31. The van der Waals surface area contributed by atoms with Crippen LogP contribution in [0.3, 0.4) is 0 Å². The average Bonchev–Trinajstić information content (AvgIpc) is 3.07. The molecule has 8 heteroatoms. The van der Waals surface area contributed by atoms with Crippen LogP contribution in [0.5, 0.6) is 0 Å². The largest absolute Gasteiger partial charge is 0.350 e. The Morgan fingerprint density at radius 2 is 1.58 bits per heavy atom. The summed E-state index contributed by atoms with van der Waals surface area (Å²) in [4.78, 5) is 55.3. The number of carbonyl (C=O) groups is 4. The summed E-state index contributed by atoms with van der Waals surface area (Å²) in [5, 5.41) is 5.42. The lowest BCUT2D eigenvalue weighted by atomic mass is 9.94. The van der Waals surface area contributed by atoms with Crippen LogP contribution < -0.4 is 10.6 Å². The van der Waals surface area contributed by atoms with Crippen LogP contribution in [0.2, 0.25) is 0 Å². The van der Waals surface area contributed by atoms with Gasteiger partial charge in [-0.05, 0) is 43.2 Å². The van der Waals surface area contributed by atoms with Crippen LogP contribution in [-0.4, -0.2) is 52.6 Å². The number of fused-ring (bicyclic) bond motifs is 1. The molecule has 2 aliphatic rings. The normalized spacial score (nSPS) is 16.2. The number of hydrogen-bond acceptors (Lipinski definition) is 5. The molecule has 1 aliphatic carbocycles. The van der Waals surface area contributed by atoms with Crippen molar-refractivity contribution in [2.75, 3.05) is 13.1 Å². The molecule has 2 aromatic rings. The topological polar surface area (TPSA) is 108 Å². The van der Waals surface area contributed by atoms with Crippen molar-refractivity contribution in [3.05, 3.63) is 65.0 Å². The molecule has 4 amide bonds. The van der Waals surface area contributed by atoms with E-state index in [2.05, 4.69) is 15.6 Å². The fraction of sp³-hybridized carbons (Fsp3) is 0.348. The Balaban J connectivity index is 1.34. The van der Waals surface area contributed by atoms with Gasteiger partial charge in [-0.2, -0.15) is 0 Å². The number of imide groups is 1. The quantitative estimate of drug-likeness (QED) is 0.550. The maximum Gasteiger partial charge on any atom is 0.261 e. The molecule has 4 rings (SSSR count). The summed E-state index contributed by atoms with van der Waals surface area (Å²) in [6, 6.07) is 7.87. The maximum atomic E-state index is 12.9. The summed E-state index contributed by atoms with van der Waals surface area (Å²) >= 11 is 0. The Morgan fingerprint density at radius 3 is 2.26 bits per heavy atom. The van der Waals surface area contributed by atoms with Gasteiger partial charge in [0.15, 0.2) is 0 Å². The molecule has 1 aromatic carbocycles. The van der Waals surface area contributed by atoms with Gasteiger partial charge in [0.25, 0.3) is 23.6 Å². The van der Waals surface area contributed by atoms with Crippen molar-refractivity contribution in [1.82, 2.24) is 20.5 Å². The third-order valence-corrected chi connectivity index (χ3v) is 5.74. The zero-order valence-electron chi connectivity index (χ0n) is 17.1. The molecule has 1 saturated carbocycles. The summed E-state index contributed by atoms with van der Waals surface area (Å²) in [6.45, 7) is 0.472. The minimum atomic E-state index is -0.366. The first-order valence-electron chi connectivity index (χ1n) is 10.5. The van der Waals surface area contributed by atoms with Crippen LogP contribution >= 0.6 is 0 Å². The van der Waals surface area contributed by atoms with Crippen molar-refractivity contribution in [2.45, 2.75) is 38.1 Å². The summed E-state index contributed by atoms with van der Waals surface area (Å²) in [5.74, 6) is -1.22. The van der Waals surface area contributed by atoms with E-state index >= 15 is 0 Å². The molecule has 31 heavy (non-hydrogen) atoms. The Morgan fingerprint density at radius 1 is 0.903 bits per heavy atom. The van der Waals surface area contributed by atoms with Gasteiger partial charge in [-0.25, -0.2) is 0 Å². The van der Waals surface area contributed by atoms with Gasteiger partial charge in [-0.3, -0.25) is 29.1 Å². The molecule has 0 bridgehead atoms. The Hall–Kier alpha value is -3.55. The van der Waals surface area contributed by atoms with E-state index in [0.717, 1.165) is 32.1 Å². The van der Waals surface area contributed by atoms with Gasteiger partial charge >= 0.3 is 0 Å². The SMILES string of the molecule is O=C(NCCNC(=O)c1ccc2c(c1)C(=O)N(C1CCCCC1)C2=O)c1cccnc1. The lowest BCUT2D eigenvalue weighted by Gasteiger charge is -2.29.